The van der Waals surface area contributed by atoms with Crippen molar-refractivity contribution >= 4 is 11.2 Å². The van der Waals surface area contributed by atoms with Crippen molar-refractivity contribution in [3.63, 3.8) is 0 Å². The van der Waals surface area contributed by atoms with Gasteiger partial charge in [0.1, 0.15) is 0 Å². The van der Waals surface area contributed by atoms with E-state index in [4.69, 9.17) is 18.6 Å². The molecular weight excluding hydrogens is 148 g/mol. The normalized spacial score (nSPS) is 17.1. The summed E-state index contributed by atoms with van der Waals surface area (Å²) in [4.78, 5) is 0. The molecule has 0 aliphatic carbocycles. The molecule has 0 fully saturated rings. The van der Waals surface area contributed by atoms with Gasteiger partial charge in [-0.3, -0.25) is 0 Å². The molecule has 4 heteroatoms. The van der Waals surface area contributed by atoms with Gasteiger partial charge in [0.2, 0.25) is 41.0 Å². The molecule has 2 aromatic rings. The van der Waals surface area contributed by atoms with Crippen molar-refractivity contribution in [3.8, 4) is 23.0 Å². The summed E-state index contributed by atoms with van der Waals surface area (Å²) < 4.78 is 20.8. The highest BCUT2D eigenvalue weighted by molar-refractivity contribution is 5.99. The predicted octanol–water partition coefficient (Wildman–Crippen LogP) is 1.70. The lowest BCUT2D eigenvalue weighted by Crippen LogP contribution is -1.93. The minimum Gasteiger partial charge on any atom is -0.449 e. The van der Waals surface area contributed by atoms with Crippen LogP contribution in [0.3, 0.4) is 0 Å². The van der Waals surface area contributed by atoms with Crippen LogP contribution in [0.1, 0.15) is 0 Å². The van der Waals surface area contributed by atoms with Crippen LogP contribution >= 0.6 is 0 Å². The number of ether oxygens (including phenoxy) is 3. The second-order valence-corrected chi connectivity index (χ2v) is 2.59. The molecule has 0 atom stereocenters. The lowest BCUT2D eigenvalue weighted by atomic mass is 10.3. The molecule has 0 unspecified atom stereocenters. The highest BCUT2D eigenvalue weighted by atomic mass is 16.7. The largest absolute Gasteiger partial charge is 0.449 e. The van der Waals surface area contributed by atoms with Gasteiger partial charge in [0.15, 0.2) is 0 Å². The van der Waals surface area contributed by atoms with E-state index in [0.717, 1.165) is 11.5 Å². The number of hydrogen-bond acceptors (Lipinski definition) is 4. The number of furan rings is 2. The van der Waals surface area contributed by atoms with E-state index in [2.05, 4.69) is 0 Å². The van der Waals surface area contributed by atoms with Crippen LogP contribution in [0.4, 0.5) is 0 Å². The summed E-state index contributed by atoms with van der Waals surface area (Å²) in [7, 11) is 0. The second kappa shape index (κ2) is 1.01. The van der Waals surface area contributed by atoms with Gasteiger partial charge in [-0.15, -0.1) is 0 Å². The molecule has 2 aliphatic rings. The number of hydrogen-bond donors (Lipinski definition) is 0. The van der Waals surface area contributed by atoms with Gasteiger partial charge in [-0.05, 0) is 0 Å². The summed E-state index contributed by atoms with van der Waals surface area (Å²) in [6.07, 6.45) is 0. The summed E-state index contributed by atoms with van der Waals surface area (Å²) in [5, 5.41) is 0. The molecule has 4 rings (SSSR count). The van der Waals surface area contributed by atoms with Crippen LogP contribution in [-0.2, 0) is 0 Å². The van der Waals surface area contributed by atoms with Gasteiger partial charge >= 0.3 is 0 Å². The maximum absolute atomic E-state index is 5.31. The van der Waals surface area contributed by atoms with Crippen molar-refractivity contribution in [2.75, 3.05) is 6.79 Å². The molecule has 54 valence electrons. The average Bonchev–Trinajstić information content (AvgIpc) is 2.46. The van der Waals surface area contributed by atoms with Crippen LogP contribution in [0.15, 0.2) is 4.42 Å². The van der Waals surface area contributed by atoms with Crippen molar-refractivity contribution in [1.29, 1.82) is 0 Å². The molecule has 2 aromatic heterocycles. The van der Waals surface area contributed by atoms with Crippen LogP contribution < -0.4 is 14.2 Å². The SMILES string of the molecule is C1Oc2c(c3oc2c2c3O2)O1. The zero-order valence-corrected chi connectivity index (χ0v) is 5.34. The molecule has 2 bridgehead atoms. The molecule has 0 amide bonds. The minimum absolute atomic E-state index is 0.293. The van der Waals surface area contributed by atoms with Crippen LogP contribution in [-0.4, -0.2) is 6.79 Å². The molecule has 0 N–H and O–H groups in total. The van der Waals surface area contributed by atoms with E-state index < -0.39 is 0 Å². The lowest BCUT2D eigenvalue weighted by Gasteiger charge is -1.89. The number of benzene rings is 1. The van der Waals surface area contributed by atoms with E-state index in [1.165, 1.54) is 0 Å². The van der Waals surface area contributed by atoms with Crippen molar-refractivity contribution in [2.45, 2.75) is 0 Å². The standard InChI is InChI=1S/C7H2O4/c1-8-2-3(9-1)5-7-6(11-7)4(2)10-5/h1H2. The van der Waals surface area contributed by atoms with Crippen molar-refractivity contribution < 1.29 is 18.6 Å². The highest BCUT2D eigenvalue weighted by Gasteiger charge is 2.43. The quantitative estimate of drug-likeness (QED) is 0.457. The van der Waals surface area contributed by atoms with E-state index in [0.29, 0.717) is 29.5 Å². The predicted molar refractivity (Wildman–Crippen MR) is 33.6 cm³/mol. The Kier molecular flexibility index (Phi) is 0.398. The molecule has 2 aliphatic heterocycles. The fourth-order valence-corrected chi connectivity index (χ4v) is 1.48. The van der Waals surface area contributed by atoms with Crippen LogP contribution in [0, 0.1) is 0 Å². The topological polar surface area (TPSA) is 44.1 Å². The molecule has 4 nitrogen and oxygen atoms in total. The average molecular weight is 150 g/mol. The monoisotopic (exact) mass is 150 g/mol. The Balaban J connectivity index is 2.32. The van der Waals surface area contributed by atoms with Gasteiger partial charge in [-0.1, -0.05) is 0 Å². The molecule has 0 saturated heterocycles. The first-order valence-electron chi connectivity index (χ1n) is 3.30. The third-order valence-electron chi connectivity index (χ3n) is 2.01. The van der Waals surface area contributed by atoms with Crippen LogP contribution in [0.5, 0.6) is 23.0 Å². The maximum Gasteiger partial charge on any atom is 0.231 e. The number of rotatable bonds is 0. The molecule has 0 aromatic carbocycles. The van der Waals surface area contributed by atoms with E-state index in [1.807, 2.05) is 0 Å². The Morgan fingerprint density at radius 1 is 0.818 bits per heavy atom. The van der Waals surface area contributed by atoms with Gasteiger partial charge < -0.3 is 18.6 Å². The first-order valence-corrected chi connectivity index (χ1v) is 3.30. The maximum atomic E-state index is 5.31. The summed E-state index contributed by atoms with van der Waals surface area (Å²) in [6.45, 7) is 0.293. The molecule has 0 spiro atoms. The summed E-state index contributed by atoms with van der Waals surface area (Å²) >= 11 is 0. The smallest absolute Gasteiger partial charge is 0.231 e. The Bertz CT molecular complexity index is 417. The van der Waals surface area contributed by atoms with Crippen LogP contribution in [0.25, 0.3) is 11.2 Å². The molecule has 4 heterocycles. The fraction of sp³-hybridized carbons (Fsp3) is 0.143. The van der Waals surface area contributed by atoms with E-state index in [1.54, 1.807) is 0 Å². The highest BCUT2D eigenvalue weighted by Crippen LogP contribution is 2.65. The van der Waals surface area contributed by atoms with Gasteiger partial charge in [-0.25, -0.2) is 0 Å². The van der Waals surface area contributed by atoms with E-state index in [9.17, 15) is 0 Å². The molecule has 0 saturated carbocycles. The van der Waals surface area contributed by atoms with Crippen LogP contribution in [0.2, 0.25) is 0 Å². The Morgan fingerprint density at radius 2 is 1.45 bits per heavy atom. The van der Waals surface area contributed by atoms with Gasteiger partial charge in [0, 0.05) is 0 Å². The van der Waals surface area contributed by atoms with E-state index >= 15 is 0 Å². The third kappa shape index (κ3) is 0.293. The van der Waals surface area contributed by atoms with Gasteiger partial charge in [0.05, 0.1) is 0 Å². The first kappa shape index (κ1) is 4.33. The Hall–Kier alpha value is -1.58. The fourth-order valence-electron chi connectivity index (χ4n) is 1.48. The Labute approximate surface area is 60.6 Å². The third-order valence-corrected chi connectivity index (χ3v) is 2.01. The minimum atomic E-state index is 0.293. The van der Waals surface area contributed by atoms with Crippen molar-refractivity contribution in [2.24, 2.45) is 0 Å². The molecule has 0 radical (unpaired) electrons. The zero-order chi connectivity index (χ0) is 7.00. The van der Waals surface area contributed by atoms with Crippen molar-refractivity contribution in [3.05, 3.63) is 0 Å². The van der Waals surface area contributed by atoms with E-state index in [-0.39, 0.29) is 0 Å². The summed E-state index contributed by atoms with van der Waals surface area (Å²) in [5.41, 5.74) is 1.39. The van der Waals surface area contributed by atoms with Gasteiger partial charge in [0.25, 0.3) is 0 Å². The zero-order valence-electron chi connectivity index (χ0n) is 5.34. The lowest BCUT2D eigenvalue weighted by molar-refractivity contribution is 0.172. The molecular formula is C7H2O4. The second-order valence-electron chi connectivity index (χ2n) is 2.59. The summed E-state index contributed by atoms with van der Waals surface area (Å²) in [6, 6.07) is 0. The Morgan fingerprint density at radius 3 is 2.09 bits per heavy atom. The summed E-state index contributed by atoms with van der Waals surface area (Å²) in [5.74, 6) is 3.06. The number of fused-ring (bicyclic) bond motifs is 8. The first-order chi connectivity index (χ1) is 5.45. The van der Waals surface area contributed by atoms with Gasteiger partial charge in [-0.2, -0.15) is 0 Å². The van der Waals surface area contributed by atoms with Crippen molar-refractivity contribution in [1.82, 2.24) is 0 Å². The molecule has 11 heavy (non-hydrogen) atoms.